The number of ether oxygens (including phenoxy) is 1. The van der Waals surface area contributed by atoms with Crippen molar-refractivity contribution in [2.45, 2.75) is 45.1 Å². The molecule has 0 saturated heterocycles. The number of hydrogen-bond acceptors (Lipinski definition) is 2. The van der Waals surface area contributed by atoms with Gasteiger partial charge in [-0.3, -0.25) is 0 Å². The van der Waals surface area contributed by atoms with E-state index in [2.05, 4.69) is 26.0 Å². The predicted molar refractivity (Wildman–Crippen MR) is 71.1 cm³/mol. The molecule has 1 unspecified atom stereocenters. The smallest absolute Gasteiger partial charge is 0.119 e. The number of benzene rings is 1. The maximum Gasteiger partial charge on any atom is 0.119 e. The lowest BCUT2D eigenvalue weighted by Crippen LogP contribution is -2.51. The third kappa shape index (κ3) is 2.06. The summed E-state index contributed by atoms with van der Waals surface area (Å²) < 4.78 is 5.30. The summed E-state index contributed by atoms with van der Waals surface area (Å²) >= 11 is 0. The summed E-state index contributed by atoms with van der Waals surface area (Å²) in [5.41, 5.74) is 7.86. The van der Waals surface area contributed by atoms with Gasteiger partial charge < -0.3 is 10.5 Å². The minimum Gasteiger partial charge on any atom is -0.497 e. The Morgan fingerprint density at radius 1 is 1.18 bits per heavy atom. The molecule has 1 aliphatic carbocycles. The molecule has 2 rings (SSSR count). The Morgan fingerprint density at radius 3 is 2.53 bits per heavy atom. The van der Waals surface area contributed by atoms with Crippen LogP contribution >= 0.6 is 0 Å². The van der Waals surface area contributed by atoms with Gasteiger partial charge in [0.15, 0.2) is 0 Å². The minimum absolute atomic E-state index is 0.150. The normalized spacial score (nSPS) is 27.8. The first-order valence-electron chi connectivity index (χ1n) is 6.43. The van der Waals surface area contributed by atoms with E-state index >= 15 is 0 Å². The van der Waals surface area contributed by atoms with Gasteiger partial charge >= 0.3 is 0 Å². The highest BCUT2D eigenvalue weighted by Crippen LogP contribution is 2.48. The van der Waals surface area contributed by atoms with Crippen LogP contribution in [0.25, 0.3) is 0 Å². The van der Waals surface area contributed by atoms with E-state index < -0.39 is 0 Å². The van der Waals surface area contributed by atoms with Crippen LogP contribution in [0.3, 0.4) is 0 Å². The van der Waals surface area contributed by atoms with Gasteiger partial charge in [0.25, 0.3) is 0 Å². The van der Waals surface area contributed by atoms with Crippen LogP contribution in [0, 0.1) is 5.41 Å². The molecule has 1 aliphatic rings. The van der Waals surface area contributed by atoms with Crippen molar-refractivity contribution in [2.24, 2.45) is 11.1 Å². The highest BCUT2D eigenvalue weighted by molar-refractivity contribution is 5.35. The fourth-order valence-electron chi connectivity index (χ4n) is 2.97. The quantitative estimate of drug-likeness (QED) is 0.849. The molecule has 0 heterocycles. The Balaban J connectivity index is 2.41. The maximum atomic E-state index is 6.73. The first-order valence-corrected chi connectivity index (χ1v) is 6.43. The van der Waals surface area contributed by atoms with Crippen LogP contribution in [0.4, 0.5) is 0 Å². The van der Waals surface area contributed by atoms with Crippen LogP contribution in [0.2, 0.25) is 0 Å². The van der Waals surface area contributed by atoms with Crippen LogP contribution in [0.1, 0.15) is 45.1 Å². The number of rotatable bonds is 2. The van der Waals surface area contributed by atoms with Gasteiger partial charge in [0.1, 0.15) is 5.75 Å². The van der Waals surface area contributed by atoms with Crippen LogP contribution < -0.4 is 10.5 Å². The lowest BCUT2D eigenvalue weighted by molar-refractivity contribution is 0.0976. The van der Waals surface area contributed by atoms with Crippen molar-refractivity contribution in [1.29, 1.82) is 0 Å². The van der Waals surface area contributed by atoms with Crippen molar-refractivity contribution in [1.82, 2.24) is 0 Å². The third-order valence-corrected chi connectivity index (χ3v) is 4.42. The topological polar surface area (TPSA) is 35.2 Å². The molecule has 1 atom stereocenters. The van der Waals surface area contributed by atoms with E-state index in [-0.39, 0.29) is 11.0 Å². The van der Waals surface area contributed by atoms with Crippen LogP contribution in [-0.4, -0.2) is 7.11 Å². The van der Waals surface area contributed by atoms with Crippen molar-refractivity contribution in [3.8, 4) is 5.75 Å². The fraction of sp³-hybridized carbons (Fsp3) is 0.600. The molecule has 0 bridgehead atoms. The van der Waals surface area contributed by atoms with Gasteiger partial charge in [-0.15, -0.1) is 0 Å². The summed E-state index contributed by atoms with van der Waals surface area (Å²) in [6.45, 7) is 4.57. The van der Waals surface area contributed by atoms with E-state index in [1.165, 1.54) is 24.8 Å². The maximum absolute atomic E-state index is 6.73. The zero-order valence-electron chi connectivity index (χ0n) is 11.1. The summed E-state index contributed by atoms with van der Waals surface area (Å²) in [5.74, 6) is 0.897. The summed E-state index contributed by atoms with van der Waals surface area (Å²) in [4.78, 5) is 0. The molecule has 1 fully saturated rings. The minimum atomic E-state index is -0.222. The molecule has 0 spiro atoms. The average Bonchev–Trinajstić information content (AvgIpc) is 2.33. The largest absolute Gasteiger partial charge is 0.497 e. The summed E-state index contributed by atoms with van der Waals surface area (Å²) in [5, 5.41) is 0. The van der Waals surface area contributed by atoms with E-state index in [1.807, 2.05) is 12.1 Å². The molecule has 0 amide bonds. The van der Waals surface area contributed by atoms with Crippen molar-refractivity contribution in [2.75, 3.05) is 7.11 Å². The van der Waals surface area contributed by atoms with E-state index in [1.54, 1.807) is 7.11 Å². The van der Waals surface area contributed by atoms with Crippen molar-refractivity contribution in [3.63, 3.8) is 0 Å². The van der Waals surface area contributed by atoms with Gasteiger partial charge in [-0.05, 0) is 36.0 Å². The SMILES string of the molecule is COc1cccc(C2(N)CCCCC2(C)C)c1. The van der Waals surface area contributed by atoms with Crippen LogP contribution in [0.5, 0.6) is 5.75 Å². The standard InChI is InChI=1S/C15H23NO/c1-14(2)9-4-5-10-15(14,16)12-7-6-8-13(11-12)17-3/h6-8,11H,4-5,9-10,16H2,1-3H3. The van der Waals surface area contributed by atoms with E-state index in [0.717, 1.165) is 12.2 Å². The van der Waals surface area contributed by atoms with E-state index in [0.29, 0.717) is 0 Å². The van der Waals surface area contributed by atoms with Gasteiger partial charge in [0, 0.05) is 5.54 Å². The molecule has 0 aliphatic heterocycles. The molecular weight excluding hydrogens is 210 g/mol. The monoisotopic (exact) mass is 233 g/mol. The predicted octanol–water partition coefficient (Wildman–Crippen LogP) is 3.45. The number of nitrogens with two attached hydrogens (primary N) is 1. The number of hydrogen-bond donors (Lipinski definition) is 1. The molecule has 1 saturated carbocycles. The second-order valence-corrected chi connectivity index (χ2v) is 5.79. The summed E-state index contributed by atoms with van der Waals surface area (Å²) in [7, 11) is 1.70. The Labute approximate surface area is 104 Å². The third-order valence-electron chi connectivity index (χ3n) is 4.42. The molecule has 0 aromatic heterocycles. The van der Waals surface area contributed by atoms with Gasteiger partial charge in [-0.1, -0.05) is 38.8 Å². The Bertz CT molecular complexity index is 400. The molecule has 2 heteroatoms. The summed E-state index contributed by atoms with van der Waals surface area (Å²) in [6, 6.07) is 8.23. The highest BCUT2D eigenvalue weighted by Gasteiger charge is 2.44. The molecular formula is C15H23NO. The van der Waals surface area contributed by atoms with Gasteiger partial charge in [0.2, 0.25) is 0 Å². The molecule has 2 N–H and O–H groups in total. The first-order chi connectivity index (χ1) is 7.99. The molecule has 17 heavy (non-hydrogen) atoms. The molecule has 2 nitrogen and oxygen atoms in total. The average molecular weight is 233 g/mol. The Kier molecular flexibility index (Phi) is 3.17. The first kappa shape index (κ1) is 12.4. The molecule has 0 radical (unpaired) electrons. The Morgan fingerprint density at radius 2 is 1.88 bits per heavy atom. The van der Waals surface area contributed by atoms with Crippen LogP contribution in [-0.2, 0) is 5.54 Å². The van der Waals surface area contributed by atoms with E-state index in [9.17, 15) is 0 Å². The Hall–Kier alpha value is -1.02. The summed E-state index contributed by atoms with van der Waals surface area (Å²) in [6.07, 6.45) is 4.76. The highest BCUT2D eigenvalue weighted by atomic mass is 16.5. The van der Waals surface area contributed by atoms with Gasteiger partial charge in [0.05, 0.1) is 7.11 Å². The lowest BCUT2D eigenvalue weighted by atomic mass is 9.61. The van der Waals surface area contributed by atoms with Gasteiger partial charge in [-0.25, -0.2) is 0 Å². The van der Waals surface area contributed by atoms with Gasteiger partial charge in [-0.2, -0.15) is 0 Å². The second-order valence-electron chi connectivity index (χ2n) is 5.79. The van der Waals surface area contributed by atoms with E-state index in [4.69, 9.17) is 10.5 Å². The van der Waals surface area contributed by atoms with Crippen molar-refractivity contribution >= 4 is 0 Å². The van der Waals surface area contributed by atoms with Crippen LogP contribution in [0.15, 0.2) is 24.3 Å². The lowest BCUT2D eigenvalue weighted by Gasteiger charge is -2.48. The second kappa shape index (κ2) is 4.34. The van der Waals surface area contributed by atoms with Crippen molar-refractivity contribution < 1.29 is 4.74 Å². The number of methoxy groups -OCH3 is 1. The van der Waals surface area contributed by atoms with Crippen molar-refractivity contribution in [3.05, 3.63) is 29.8 Å². The molecule has 1 aromatic carbocycles. The zero-order chi connectivity index (χ0) is 12.5. The zero-order valence-corrected chi connectivity index (χ0v) is 11.1. The molecule has 94 valence electrons. The fourth-order valence-corrected chi connectivity index (χ4v) is 2.97. The molecule has 1 aromatic rings.